The molecule has 1 aliphatic rings. The number of methoxy groups -OCH3 is 1. The minimum Gasteiger partial charge on any atom is -0.494 e. The van der Waals surface area contributed by atoms with Crippen molar-refractivity contribution < 1.29 is 14.3 Å². The van der Waals surface area contributed by atoms with Crippen LogP contribution in [0, 0.1) is 0 Å². The Morgan fingerprint density at radius 3 is 3.20 bits per heavy atom. The number of hydrogen-bond donors (Lipinski definition) is 0. The average molecular weight is 207 g/mol. The van der Waals surface area contributed by atoms with Crippen molar-refractivity contribution in [3.63, 3.8) is 0 Å². The van der Waals surface area contributed by atoms with Gasteiger partial charge in [-0.2, -0.15) is 0 Å². The zero-order chi connectivity index (χ0) is 10.7. The van der Waals surface area contributed by atoms with Crippen molar-refractivity contribution in [1.82, 2.24) is 4.98 Å². The first-order chi connectivity index (χ1) is 7.33. The standard InChI is InChI=1S/C11H13NO3/c1-14-8-4-2-6-12-10(8)11(13)9-5-3-7-15-9/h2,4,6,9H,3,5,7H2,1H3. The smallest absolute Gasteiger partial charge is 0.213 e. The van der Waals surface area contributed by atoms with Gasteiger partial charge < -0.3 is 9.47 Å². The molecule has 80 valence electrons. The topological polar surface area (TPSA) is 48.4 Å². The number of ether oxygens (including phenoxy) is 2. The van der Waals surface area contributed by atoms with Gasteiger partial charge in [0, 0.05) is 12.8 Å². The van der Waals surface area contributed by atoms with Crippen molar-refractivity contribution in [2.45, 2.75) is 18.9 Å². The Morgan fingerprint density at radius 2 is 2.53 bits per heavy atom. The fraction of sp³-hybridized carbons (Fsp3) is 0.455. The molecule has 0 saturated carbocycles. The molecule has 4 heteroatoms. The molecule has 1 atom stereocenters. The highest BCUT2D eigenvalue weighted by Crippen LogP contribution is 2.21. The second-order valence-corrected chi connectivity index (χ2v) is 3.42. The van der Waals surface area contributed by atoms with Gasteiger partial charge in [0.15, 0.2) is 5.69 Å². The summed E-state index contributed by atoms with van der Waals surface area (Å²) in [6.07, 6.45) is 2.96. The molecule has 1 aromatic heterocycles. The van der Waals surface area contributed by atoms with Crippen LogP contribution in [0.2, 0.25) is 0 Å². The zero-order valence-corrected chi connectivity index (χ0v) is 8.60. The van der Waals surface area contributed by atoms with E-state index < -0.39 is 0 Å². The zero-order valence-electron chi connectivity index (χ0n) is 8.60. The molecule has 1 saturated heterocycles. The van der Waals surface area contributed by atoms with Gasteiger partial charge in [-0.05, 0) is 25.0 Å². The van der Waals surface area contributed by atoms with Crippen LogP contribution in [0.25, 0.3) is 0 Å². The maximum atomic E-state index is 12.0. The first-order valence-corrected chi connectivity index (χ1v) is 4.97. The molecule has 0 bridgehead atoms. The van der Waals surface area contributed by atoms with Gasteiger partial charge >= 0.3 is 0 Å². The number of rotatable bonds is 3. The summed E-state index contributed by atoms with van der Waals surface area (Å²) in [4.78, 5) is 16.0. The molecule has 2 rings (SSSR count). The first kappa shape index (κ1) is 10.1. The highest BCUT2D eigenvalue weighted by Gasteiger charge is 2.27. The van der Waals surface area contributed by atoms with Crippen molar-refractivity contribution in [2.24, 2.45) is 0 Å². The first-order valence-electron chi connectivity index (χ1n) is 4.97. The Hall–Kier alpha value is -1.42. The molecular formula is C11H13NO3. The summed E-state index contributed by atoms with van der Waals surface area (Å²) < 4.78 is 10.4. The molecule has 0 radical (unpaired) electrons. The molecule has 0 amide bonds. The second kappa shape index (κ2) is 4.40. The van der Waals surface area contributed by atoms with Crippen LogP contribution in [-0.4, -0.2) is 30.6 Å². The number of Topliss-reactive ketones (excluding diaryl/α,β-unsaturated/α-hetero) is 1. The van der Waals surface area contributed by atoms with Crippen LogP contribution < -0.4 is 4.74 Å². The summed E-state index contributed by atoms with van der Waals surface area (Å²) in [5.41, 5.74) is 0.368. The third-order valence-corrected chi connectivity index (χ3v) is 2.45. The van der Waals surface area contributed by atoms with E-state index in [2.05, 4.69) is 4.98 Å². The van der Waals surface area contributed by atoms with Crippen LogP contribution in [0.15, 0.2) is 18.3 Å². The molecule has 4 nitrogen and oxygen atoms in total. The van der Waals surface area contributed by atoms with E-state index in [1.807, 2.05) is 0 Å². The average Bonchev–Trinajstić information content (AvgIpc) is 2.81. The SMILES string of the molecule is COc1cccnc1C(=O)C1CCCO1. The Labute approximate surface area is 88.2 Å². The molecule has 0 spiro atoms. The van der Waals surface area contributed by atoms with E-state index in [1.54, 1.807) is 18.3 Å². The molecule has 15 heavy (non-hydrogen) atoms. The van der Waals surface area contributed by atoms with E-state index in [1.165, 1.54) is 7.11 Å². The normalized spacial score (nSPS) is 20.2. The molecule has 2 heterocycles. The van der Waals surface area contributed by atoms with E-state index in [-0.39, 0.29) is 11.9 Å². The van der Waals surface area contributed by atoms with Gasteiger partial charge in [0.05, 0.1) is 7.11 Å². The summed E-state index contributed by atoms with van der Waals surface area (Å²) in [6, 6.07) is 3.47. The van der Waals surface area contributed by atoms with E-state index in [4.69, 9.17) is 9.47 Å². The highest BCUT2D eigenvalue weighted by molar-refractivity contribution is 6.00. The molecular weight excluding hydrogens is 194 g/mol. The van der Waals surface area contributed by atoms with Crippen LogP contribution in [0.5, 0.6) is 5.75 Å². The van der Waals surface area contributed by atoms with Crippen molar-refractivity contribution in [3.05, 3.63) is 24.0 Å². The molecule has 1 unspecified atom stereocenters. The lowest BCUT2D eigenvalue weighted by Crippen LogP contribution is -2.21. The lowest BCUT2D eigenvalue weighted by molar-refractivity contribution is 0.0634. The van der Waals surface area contributed by atoms with Crippen LogP contribution in [0.3, 0.4) is 0 Å². The fourth-order valence-electron chi connectivity index (χ4n) is 1.68. The van der Waals surface area contributed by atoms with Gasteiger partial charge in [-0.25, -0.2) is 4.98 Å². The molecule has 1 aliphatic heterocycles. The minimum absolute atomic E-state index is 0.0787. The largest absolute Gasteiger partial charge is 0.494 e. The summed E-state index contributed by atoms with van der Waals surface area (Å²) in [5.74, 6) is 0.433. The van der Waals surface area contributed by atoms with E-state index in [9.17, 15) is 4.79 Å². The molecule has 1 aromatic rings. The third kappa shape index (κ3) is 1.99. The fourth-order valence-corrected chi connectivity index (χ4v) is 1.68. The predicted octanol–water partition coefficient (Wildman–Crippen LogP) is 1.45. The molecule has 0 aromatic carbocycles. The van der Waals surface area contributed by atoms with Gasteiger partial charge in [0.1, 0.15) is 11.9 Å². The lowest BCUT2D eigenvalue weighted by Gasteiger charge is -2.10. The van der Waals surface area contributed by atoms with Crippen LogP contribution in [0.4, 0.5) is 0 Å². The monoisotopic (exact) mass is 207 g/mol. The maximum Gasteiger partial charge on any atom is 0.213 e. The highest BCUT2D eigenvalue weighted by atomic mass is 16.5. The van der Waals surface area contributed by atoms with Crippen molar-refractivity contribution in [1.29, 1.82) is 0 Å². The van der Waals surface area contributed by atoms with E-state index >= 15 is 0 Å². The van der Waals surface area contributed by atoms with Crippen LogP contribution in [-0.2, 0) is 4.74 Å². The quantitative estimate of drug-likeness (QED) is 0.704. The third-order valence-electron chi connectivity index (χ3n) is 2.45. The number of nitrogens with zero attached hydrogens (tertiary/aromatic N) is 1. The summed E-state index contributed by atoms with van der Waals surface area (Å²) >= 11 is 0. The minimum atomic E-state index is -0.339. The van der Waals surface area contributed by atoms with Crippen molar-refractivity contribution in [2.75, 3.05) is 13.7 Å². The van der Waals surface area contributed by atoms with Gasteiger partial charge in [-0.15, -0.1) is 0 Å². The summed E-state index contributed by atoms with van der Waals surface area (Å²) in [6.45, 7) is 0.658. The Morgan fingerprint density at radius 1 is 1.67 bits per heavy atom. The Balaban J connectivity index is 2.24. The van der Waals surface area contributed by atoms with Gasteiger partial charge in [-0.1, -0.05) is 0 Å². The van der Waals surface area contributed by atoms with Gasteiger partial charge in [0.25, 0.3) is 0 Å². The number of hydrogen-bond acceptors (Lipinski definition) is 4. The Bertz CT molecular complexity index is 359. The number of carbonyl (C=O) groups is 1. The van der Waals surface area contributed by atoms with Crippen LogP contribution in [0.1, 0.15) is 23.3 Å². The molecule has 0 N–H and O–H groups in total. The van der Waals surface area contributed by atoms with Gasteiger partial charge in [-0.3, -0.25) is 4.79 Å². The predicted molar refractivity (Wildman–Crippen MR) is 54.1 cm³/mol. The summed E-state index contributed by atoms with van der Waals surface area (Å²) in [7, 11) is 1.53. The van der Waals surface area contributed by atoms with Gasteiger partial charge in [0.2, 0.25) is 5.78 Å². The van der Waals surface area contributed by atoms with Crippen molar-refractivity contribution in [3.8, 4) is 5.75 Å². The number of aromatic nitrogens is 1. The van der Waals surface area contributed by atoms with E-state index in [0.29, 0.717) is 18.1 Å². The number of ketones is 1. The van der Waals surface area contributed by atoms with E-state index in [0.717, 1.165) is 12.8 Å². The summed E-state index contributed by atoms with van der Waals surface area (Å²) in [5, 5.41) is 0. The number of carbonyl (C=O) groups excluding carboxylic acids is 1. The molecule has 0 aliphatic carbocycles. The molecule has 1 fully saturated rings. The maximum absolute atomic E-state index is 12.0. The Kier molecular flexibility index (Phi) is 2.97. The second-order valence-electron chi connectivity index (χ2n) is 3.42. The van der Waals surface area contributed by atoms with Crippen LogP contribution >= 0.6 is 0 Å². The van der Waals surface area contributed by atoms with Crippen molar-refractivity contribution >= 4 is 5.78 Å². The lowest BCUT2D eigenvalue weighted by atomic mass is 10.1. The number of pyridine rings is 1.